The molecule has 1 heterocycles. The lowest BCUT2D eigenvalue weighted by Gasteiger charge is -2.02. The van der Waals surface area contributed by atoms with Crippen molar-refractivity contribution in [3.63, 3.8) is 0 Å². The number of aromatic amines is 1. The van der Waals surface area contributed by atoms with Crippen LogP contribution in [-0.2, 0) is 6.42 Å². The molecule has 0 spiro atoms. The Bertz CT molecular complexity index is 507. The summed E-state index contributed by atoms with van der Waals surface area (Å²) in [7, 11) is 0. The summed E-state index contributed by atoms with van der Waals surface area (Å²) >= 11 is 10.8. The van der Waals surface area contributed by atoms with Gasteiger partial charge in [-0.3, -0.25) is 0 Å². The Morgan fingerprint density at radius 1 is 1.27 bits per heavy atom. The first-order chi connectivity index (χ1) is 7.24. The Morgan fingerprint density at radius 2 is 2.00 bits per heavy atom. The topological polar surface area (TPSA) is 28.7 Å². The van der Waals surface area contributed by atoms with Crippen LogP contribution in [0.25, 0.3) is 0 Å². The van der Waals surface area contributed by atoms with Gasteiger partial charge in [-0.15, -0.1) is 0 Å². The number of aromatic nitrogens is 2. The summed E-state index contributed by atoms with van der Waals surface area (Å²) in [6, 6.07) is 11.9. The molecular formula is C11H9ClN2S. The van der Waals surface area contributed by atoms with Crippen LogP contribution in [0, 0.1) is 4.77 Å². The first-order valence-electron chi connectivity index (χ1n) is 4.54. The summed E-state index contributed by atoms with van der Waals surface area (Å²) in [4.78, 5) is 6.92. The monoisotopic (exact) mass is 236 g/mol. The number of hydrogen-bond acceptors (Lipinski definition) is 2. The number of nitrogens with zero attached hydrogens (tertiary/aromatic N) is 1. The van der Waals surface area contributed by atoms with Crippen molar-refractivity contribution >= 4 is 23.8 Å². The lowest BCUT2D eigenvalue weighted by atomic mass is 10.1. The number of rotatable bonds is 2. The quantitative estimate of drug-likeness (QED) is 0.640. The van der Waals surface area contributed by atoms with E-state index in [-0.39, 0.29) is 0 Å². The van der Waals surface area contributed by atoms with E-state index in [2.05, 4.69) is 22.1 Å². The van der Waals surface area contributed by atoms with Gasteiger partial charge in [-0.25, -0.2) is 4.98 Å². The Balaban J connectivity index is 2.29. The number of benzene rings is 1. The molecule has 2 nitrogen and oxygen atoms in total. The Morgan fingerprint density at radius 3 is 2.67 bits per heavy atom. The van der Waals surface area contributed by atoms with E-state index in [1.165, 1.54) is 5.56 Å². The zero-order chi connectivity index (χ0) is 10.7. The summed E-state index contributed by atoms with van der Waals surface area (Å²) in [5.41, 5.74) is 2.19. The second-order valence-corrected chi connectivity index (χ2v) is 3.97. The Labute approximate surface area is 98.0 Å². The first kappa shape index (κ1) is 10.3. The lowest BCUT2D eigenvalue weighted by molar-refractivity contribution is 1.01. The second kappa shape index (κ2) is 4.55. The van der Waals surface area contributed by atoms with Crippen LogP contribution in [-0.4, -0.2) is 9.97 Å². The fourth-order valence-electron chi connectivity index (χ4n) is 1.39. The van der Waals surface area contributed by atoms with Crippen LogP contribution >= 0.6 is 23.8 Å². The Hall–Kier alpha value is -1.19. The van der Waals surface area contributed by atoms with Gasteiger partial charge in [0.15, 0.2) is 4.77 Å². The van der Waals surface area contributed by atoms with Crippen LogP contribution in [0.5, 0.6) is 0 Å². The van der Waals surface area contributed by atoms with Crippen molar-refractivity contribution in [1.29, 1.82) is 0 Å². The van der Waals surface area contributed by atoms with Crippen molar-refractivity contribution in [3.8, 4) is 0 Å². The van der Waals surface area contributed by atoms with E-state index in [1.54, 1.807) is 6.07 Å². The third kappa shape index (κ3) is 2.88. The molecule has 2 rings (SSSR count). The van der Waals surface area contributed by atoms with Crippen LogP contribution in [0.3, 0.4) is 0 Å². The van der Waals surface area contributed by atoms with Crippen LogP contribution in [0.15, 0.2) is 36.4 Å². The molecule has 0 atom stereocenters. The molecule has 76 valence electrons. The summed E-state index contributed by atoms with van der Waals surface area (Å²) in [5, 5.41) is 0.435. The van der Waals surface area contributed by atoms with Crippen molar-refractivity contribution < 1.29 is 0 Å². The normalized spacial score (nSPS) is 10.2. The van der Waals surface area contributed by atoms with Crippen molar-refractivity contribution in [2.24, 2.45) is 0 Å². The molecular weight excluding hydrogens is 228 g/mol. The number of nitrogens with one attached hydrogen (secondary N) is 1. The molecule has 0 fully saturated rings. The highest BCUT2D eigenvalue weighted by Gasteiger charge is 1.98. The molecule has 1 N–H and O–H groups in total. The van der Waals surface area contributed by atoms with E-state index in [0.29, 0.717) is 9.92 Å². The van der Waals surface area contributed by atoms with Crippen LogP contribution in [0.1, 0.15) is 11.3 Å². The molecule has 0 bridgehead atoms. The van der Waals surface area contributed by atoms with Crippen LogP contribution < -0.4 is 0 Å². The largest absolute Gasteiger partial charge is 0.334 e. The highest BCUT2D eigenvalue weighted by Crippen LogP contribution is 2.10. The van der Waals surface area contributed by atoms with Crippen molar-refractivity contribution in [2.45, 2.75) is 6.42 Å². The molecule has 1 aromatic heterocycles. The average Bonchev–Trinajstić information content (AvgIpc) is 2.17. The summed E-state index contributed by atoms with van der Waals surface area (Å²) in [6.45, 7) is 0. The summed E-state index contributed by atoms with van der Waals surface area (Å²) in [5.74, 6) is 0. The third-order valence-electron chi connectivity index (χ3n) is 2.01. The average molecular weight is 237 g/mol. The molecule has 2 aromatic rings. The molecule has 0 aliphatic rings. The van der Waals surface area contributed by atoms with Gasteiger partial charge < -0.3 is 4.98 Å². The zero-order valence-corrected chi connectivity index (χ0v) is 9.48. The van der Waals surface area contributed by atoms with E-state index in [4.69, 9.17) is 23.8 Å². The van der Waals surface area contributed by atoms with Gasteiger partial charge in [-0.05, 0) is 23.8 Å². The van der Waals surface area contributed by atoms with E-state index < -0.39 is 0 Å². The van der Waals surface area contributed by atoms with Gasteiger partial charge in [0.05, 0.1) is 0 Å². The van der Waals surface area contributed by atoms with Crippen molar-refractivity contribution in [2.75, 3.05) is 0 Å². The maximum Gasteiger partial charge on any atom is 0.198 e. The molecule has 15 heavy (non-hydrogen) atoms. The Kier molecular flexibility index (Phi) is 3.14. The molecule has 0 unspecified atom stereocenters. The maximum absolute atomic E-state index is 5.82. The van der Waals surface area contributed by atoms with Gasteiger partial charge >= 0.3 is 0 Å². The summed E-state index contributed by atoms with van der Waals surface area (Å²) < 4.78 is 0.424. The van der Waals surface area contributed by atoms with Gasteiger partial charge in [0.1, 0.15) is 5.15 Å². The van der Waals surface area contributed by atoms with Gasteiger partial charge in [-0.1, -0.05) is 41.9 Å². The van der Waals surface area contributed by atoms with Crippen molar-refractivity contribution in [1.82, 2.24) is 9.97 Å². The smallest absolute Gasteiger partial charge is 0.198 e. The SMILES string of the molecule is S=c1nc(Cl)cc(Cc2ccccc2)[nH]1. The second-order valence-electron chi connectivity index (χ2n) is 3.20. The minimum Gasteiger partial charge on any atom is -0.334 e. The lowest BCUT2D eigenvalue weighted by Crippen LogP contribution is -1.94. The van der Waals surface area contributed by atoms with E-state index >= 15 is 0 Å². The molecule has 0 aliphatic carbocycles. The first-order valence-corrected chi connectivity index (χ1v) is 5.32. The number of halogens is 1. The fourth-order valence-corrected chi connectivity index (χ4v) is 1.88. The van der Waals surface area contributed by atoms with E-state index in [0.717, 1.165) is 12.1 Å². The molecule has 0 saturated heterocycles. The summed E-state index contributed by atoms with van der Waals surface area (Å²) in [6.07, 6.45) is 0.784. The zero-order valence-electron chi connectivity index (χ0n) is 7.90. The van der Waals surface area contributed by atoms with E-state index in [1.807, 2.05) is 18.2 Å². The van der Waals surface area contributed by atoms with Gasteiger partial charge in [-0.2, -0.15) is 0 Å². The molecule has 4 heteroatoms. The molecule has 0 amide bonds. The maximum atomic E-state index is 5.82. The van der Waals surface area contributed by atoms with Gasteiger partial charge in [0.25, 0.3) is 0 Å². The predicted octanol–water partition coefficient (Wildman–Crippen LogP) is 3.38. The fraction of sp³-hybridized carbons (Fsp3) is 0.0909. The van der Waals surface area contributed by atoms with E-state index in [9.17, 15) is 0 Å². The van der Waals surface area contributed by atoms with Crippen LogP contribution in [0.4, 0.5) is 0 Å². The molecule has 1 aromatic carbocycles. The molecule has 0 radical (unpaired) electrons. The molecule has 0 saturated carbocycles. The van der Waals surface area contributed by atoms with Crippen molar-refractivity contribution in [3.05, 3.63) is 57.6 Å². The molecule has 0 aliphatic heterocycles. The standard InChI is InChI=1S/C11H9ClN2S/c12-10-7-9(13-11(15)14-10)6-8-4-2-1-3-5-8/h1-5,7H,6H2,(H,13,14,15). The van der Waals surface area contributed by atoms with Gasteiger partial charge in [0.2, 0.25) is 0 Å². The number of hydrogen-bond donors (Lipinski definition) is 1. The number of H-pyrrole nitrogens is 1. The van der Waals surface area contributed by atoms with Gasteiger partial charge in [0, 0.05) is 12.1 Å². The highest BCUT2D eigenvalue weighted by molar-refractivity contribution is 7.71. The minimum atomic E-state index is 0.424. The predicted molar refractivity (Wildman–Crippen MR) is 63.7 cm³/mol. The highest BCUT2D eigenvalue weighted by atomic mass is 35.5. The minimum absolute atomic E-state index is 0.424. The third-order valence-corrected chi connectivity index (χ3v) is 2.39. The van der Waals surface area contributed by atoms with Crippen LogP contribution in [0.2, 0.25) is 5.15 Å².